The molecule has 1 atom stereocenters. The van der Waals surface area contributed by atoms with Gasteiger partial charge in [0, 0.05) is 28.6 Å². The summed E-state index contributed by atoms with van der Waals surface area (Å²) in [7, 11) is 4.74. The molecule has 0 bridgehead atoms. The van der Waals surface area contributed by atoms with E-state index in [1.165, 1.54) is 0 Å². The minimum atomic E-state index is -1.19. The van der Waals surface area contributed by atoms with Crippen molar-refractivity contribution < 1.29 is 23.8 Å². The number of carbonyl (C=O) groups excluding carboxylic acids is 2. The molecule has 0 spiro atoms. The smallest absolute Gasteiger partial charge is 0.271 e. The highest BCUT2D eigenvalue weighted by molar-refractivity contribution is 6.03. The number of benzene rings is 3. The number of nitrogens with one attached hydrogen (secondary N) is 1. The van der Waals surface area contributed by atoms with E-state index in [9.17, 15) is 9.59 Å². The first-order chi connectivity index (χ1) is 18.4. The number of para-hydroxylation sites is 3. The third-order valence-electron chi connectivity index (χ3n) is 7.27. The molecule has 2 heterocycles. The molecule has 1 aliphatic heterocycles. The molecule has 8 nitrogen and oxygen atoms in total. The Kier molecular flexibility index (Phi) is 6.72. The lowest BCUT2D eigenvalue weighted by atomic mass is 9.93. The van der Waals surface area contributed by atoms with Crippen LogP contribution in [0.25, 0.3) is 10.9 Å². The zero-order chi connectivity index (χ0) is 26.9. The summed E-state index contributed by atoms with van der Waals surface area (Å²) in [4.78, 5) is 29.7. The highest BCUT2D eigenvalue weighted by Gasteiger charge is 2.48. The van der Waals surface area contributed by atoms with E-state index in [0.29, 0.717) is 29.5 Å². The lowest BCUT2D eigenvalue weighted by molar-refractivity contribution is -0.133. The fraction of sp³-hybridized carbons (Fsp3) is 0.267. The third kappa shape index (κ3) is 4.22. The highest BCUT2D eigenvalue weighted by Crippen LogP contribution is 2.37. The zero-order valence-electron chi connectivity index (χ0n) is 22.0. The fourth-order valence-electron chi connectivity index (χ4n) is 5.22. The van der Waals surface area contributed by atoms with Crippen LogP contribution < -0.4 is 19.5 Å². The average Bonchev–Trinajstić information content (AvgIpc) is 3.32. The summed E-state index contributed by atoms with van der Waals surface area (Å²) in [5.41, 5.74) is 1.86. The van der Waals surface area contributed by atoms with Gasteiger partial charge in [-0.2, -0.15) is 0 Å². The number of hydrogen-bond acceptors (Lipinski definition) is 5. The summed E-state index contributed by atoms with van der Waals surface area (Å²) in [6, 6.07) is 22.8. The molecule has 0 saturated carbocycles. The minimum Gasteiger partial charge on any atom is -0.496 e. The van der Waals surface area contributed by atoms with Gasteiger partial charge in [0.25, 0.3) is 5.91 Å². The molecule has 1 aliphatic rings. The van der Waals surface area contributed by atoms with Crippen LogP contribution in [0.15, 0.2) is 72.8 Å². The van der Waals surface area contributed by atoms with Crippen LogP contribution in [0, 0.1) is 0 Å². The number of fused-ring (bicyclic) bond motifs is 3. The van der Waals surface area contributed by atoms with E-state index in [4.69, 9.17) is 14.2 Å². The van der Waals surface area contributed by atoms with Crippen LogP contribution in [-0.2, 0) is 24.4 Å². The van der Waals surface area contributed by atoms with Crippen LogP contribution in [0.1, 0.15) is 28.5 Å². The maximum absolute atomic E-state index is 14.1. The van der Waals surface area contributed by atoms with Crippen LogP contribution >= 0.6 is 0 Å². The summed E-state index contributed by atoms with van der Waals surface area (Å²) in [5, 5.41) is 4.01. The largest absolute Gasteiger partial charge is 0.496 e. The van der Waals surface area contributed by atoms with Crippen molar-refractivity contribution in [3.05, 3.63) is 89.6 Å². The zero-order valence-corrected chi connectivity index (χ0v) is 22.0. The molecule has 3 aromatic carbocycles. The van der Waals surface area contributed by atoms with Gasteiger partial charge in [0.2, 0.25) is 5.91 Å². The summed E-state index contributed by atoms with van der Waals surface area (Å²) in [6.45, 7) is 2.54. The van der Waals surface area contributed by atoms with Gasteiger partial charge < -0.3 is 29.0 Å². The molecule has 0 aliphatic carbocycles. The van der Waals surface area contributed by atoms with Crippen molar-refractivity contribution in [2.75, 3.05) is 21.3 Å². The molecule has 4 aromatic rings. The third-order valence-corrected chi connectivity index (χ3v) is 7.27. The molecule has 2 amide bonds. The Morgan fingerprint density at radius 1 is 0.895 bits per heavy atom. The molecule has 1 aromatic heterocycles. The molecule has 8 heteroatoms. The molecule has 1 N–H and O–H groups in total. The lowest BCUT2D eigenvalue weighted by Crippen LogP contribution is -2.63. The second-order valence-electron chi connectivity index (χ2n) is 9.49. The van der Waals surface area contributed by atoms with Gasteiger partial charge in [0.15, 0.2) is 11.5 Å². The van der Waals surface area contributed by atoms with Gasteiger partial charge >= 0.3 is 0 Å². The van der Waals surface area contributed by atoms with Gasteiger partial charge in [-0.15, -0.1) is 0 Å². The maximum Gasteiger partial charge on any atom is 0.271 e. The topological polar surface area (TPSA) is 82.0 Å². The number of nitrogens with zero attached hydrogens (tertiary/aromatic N) is 2. The second kappa shape index (κ2) is 10.1. The summed E-state index contributed by atoms with van der Waals surface area (Å²) >= 11 is 0. The van der Waals surface area contributed by atoms with Gasteiger partial charge in [0.1, 0.15) is 17.0 Å². The summed E-state index contributed by atoms with van der Waals surface area (Å²) in [6.07, 6.45) is 0. The monoisotopic (exact) mass is 513 g/mol. The van der Waals surface area contributed by atoms with Crippen LogP contribution in [0.5, 0.6) is 17.2 Å². The Morgan fingerprint density at radius 3 is 2.34 bits per heavy atom. The van der Waals surface area contributed by atoms with Crippen LogP contribution in [0.3, 0.4) is 0 Å². The van der Waals surface area contributed by atoms with Gasteiger partial charge in [-0.1, -0.05) is 48.5 Å². The van der Waals surface area contributed by atoms with E-state index in [2.05, 4.69) is 5.32 Å². The second-order valence-corrected chi connectivity index (χ2v) is 9.49. The summed E-state index contributed by atoms with van der Waals surface area (Å²) in [5.74, 6) is 1.29. The number of amides is 2. The summed E-state index contributed by atoms with van der Waals surface area (Å²) < 4.78 is 18.5. The van der Waals surface area contributed by atoms with Crippen molar-refractivity contribution in [3.63, 3.8) is 0 Å². The molecule has 0 saturated heterocycles. The van der Waals surface area contributed by atoms with Crippen LogP contribution in [0.4, 0.5) is 0 Å². The van der Waals surface area contributed by atoms with Crippen LogP contribution in [0.2, 0.25) is 0 Å². The first kappa shape index (κ1) is 25.2. The van der Waals surface area contributed by atoms with E-state index >= 15 is 0 Å². The van der Waals surface area contributed by atoms with Crippen molar-refractivity contribution in [2.45, 2.75) is 32.1 Å². The predicted octanol–water partition coefficient (Wildman–Crippen LogP) is 4.40. The SMILES string of the molecule is COc1ccccc1CNC(=O)[C@@]1(C)Cn2c(cc3ccccc32)C(=O)N1Cc1cccc(OC)c1OC. The molecule has 5 rings (SSSR count). The van der Waals surface area contributed by atoms with E-state index in [0.717, 1.165) is 22.0 Å². The van der Waals surface area contributed by atoms with Crippen molar-refractivity contribution in [3.8, 4) is 17.2 Å². The molecule has 196 valence electrons. The molecule has 0 radical (unpaired) electrons. The molecular weight excluding hydrogens is 482 g/mol. The number of rotatable bonds is 8. The van der Waals surface area contributed by atoms with Gasteiger partial charge in [-0.3, -0.25) is 9.59 Å². The standard InChI is InChI=1S/C30H31N3O5/c1-30(29(35)31-17-21-11-6-8-14-25(21)36-2)19-32-23-13-7-5-10-20(23)16-24(32)28(34)33(30)18-22-12-9-15-26(37-3)27(22)38-4/h5-16H,17-19H2,1-4H3,(H,31,35)/t30-/m1/s1. The minimum absolute atomic E-state index is 0.166. The lowest BCUT2D eigenvalue weighted by Gasteiger charge is -2.44. The number of hydrogen-bond donors (Lipinski definition) is 1. The molecule has 0 fully saturated rings. The van der Waals surface area contributed by atoms with Crippen LogP contribution in [-0.4, -0.2) is 48.1 Å². The number of aromatic nitrogens is 1. The molecule has 0 unspecified atom stereocenters. The molecule has 38 heavy (non-hydrogen) atoms. The fourth-order valence-corrected chi connectivity index (χ4v) is 5.22. The first-order valence-electron chi connectivity index (χ1n) is 12.4. The maximum atomic E-state index is 14.1. The van der Waals surface area contributed by atoms with E-state index in [1.54, 1.807) is 32.3 Å². The Labute approximate surface area is 221 Å². The Hall–Kier alpha value is -4.46. The van der Waals surface area contributed by atoms with Crippen molar-refractivity contribution >= 4 is 22.7 Å². The first-order valence-corrected chi connectivity index (χ1v) is 12.4. The number of carbonyl (C=O) groups is 2. The normalized spacial score (nSPS) is 16.7. The Morgan fingerprint density at radius 2 is 1.58 bits per heavy atom. The van der Waals surface area contributed by atoms with Crippen molar-refractivity contribution in [2.24, 2.45) is 0 Å². The Bertz CT molecular complexity index is 1510. The van der Waals surface area contributed by atoms with E-state index in [-0.39, 0.29) is 24.9 Å². The van der Waals surface area contributed by atoms with Crippen molar-refractivity contribution in [1.82, 2.24) is 14.8 Å². The number of ether oxygens (including phenoxy) is 3. The quantitative estimate of drug-likeness (QED) is 0.378. The molecular formula is C30H31N3O5. The highest BCUT2D eigenvalue weighted by atomic mass is 16.5. The van der Waals surface area contributed by atoms with Gasteiger partial charge in [0.05, 0.1) is 34.4 Å². The number of methoxy groups -OCH3 is 3. The van der Waals surface area contributed by atoms with Gasteiger partial charge in [-0.25, -0.2) is 0 Å². The van der Waals surface area contributed by atoms with E-state index < -0.39 is 5.54 Å². The van der Waals surface area contributed by atoms with Gasteiger partial charge in [-0.05, 0) is 31.2 Å². The Balaban J connectivity index is 1.56. The predicted molar refractivity (Wildman–Crippen MR) is 145 cm³/mol. The van der Waals surface area contributed by atoms with E-state index in [1.807, 2.05) is 78.2 Å². The van der Waals surface area contributed by atoms with Crippen molar-refractivity contribution in [1.29, 1.82) is 0 Å². The average molecular weight is 514 g/mol.